The highest BCUT2D eigenvalue weighted by molar-refractivity contribution is 8.26. The summed E-state index contributed by atoms with van der Waals surface area (Å²) in [5, 5.41) is 9.13. The molecule has 44 heavy (non-hydrogen) atoms. The number of carboxylic acid groups (broad SMARTS) is 1. The lowest BCUT2D eigenvalue weighted by atomic mass is 10.0. The number of anilines is 1. The summed E-state index contributed by atoms with van der Waals surface area (Å²) in [7, 11) is 0. The van der Waals surface area contributed by atoms with Crippen molar-refractivity contribution in [2.75, 3.05) is 51.7 Å². The van der Waals surface area contributed by atoms with E-state index in [2.05, 4.69) is 14.9 Å². The minimum Gasteiger partial charge on any atom is -0.492 e. The fraction of sp³-hybridized carbons (Fsp3) is 0.250. The number of nitrogens with two attached hydrogens (primary N) is 1. The lowest BCUT2D eigenvalue weighted by Gasteiger charge is -2.26. The van der Waals surface area contributed by atoms with Crippen LogP contribution in [0, 0.1) is 0 Å². The molecule has 2 saturated heterocycles. The summed E-state index contributed by atoms with van der Waals surface area (Å²) < 4.78 is 12.2. The molecule has 0 saturated carbocycles. The number of nitrogen functional groups attached to an aromatic ring is 1. The first kappa shape index (κ1) is 29.8. The molecule has 2 aliphatic heterocycles. The molecule has 1 aromatic heterocycles. The number of aromatic amines is 1. The Hall–Kier alpha value is -4.23. The second-order valence-electron chi connectivity index (χ2n) is 10.5. The van der Waals surface area contributed by atoms with Crippen LogP contribution in [0.2, 0.25) is 0 Å². The van der Waals surface area contributed by atoms with E-state index < -0.39 is 5.97 Å². The van der Waals surface area contributed by atoms with Gasteiger partial charge in [0, 0.05) is 31.7 Å². The van der Waals surface area contributed by atoms with Crippen molar-refractivity contribution in [3.8, 4) is 16.9 Å². The molecule has 10 nitrogen and oxygen atoms in total. The minimum absolute atomic E-state index is 0.149. The fourth-order valence-electron chi connectivity index (χ4n) is 5.19. The number of H-pyrrole nitrogens is 1. The molecule has 0 bridgehead atoms. The second-order valence-corrected chi connectivity index (χ2v) is 12.2. The molecule has 6 rings (SSSR count). The third-order valence-electron chi connectivity index (χ3n) is 7.58. The molecule has 12 heteroatoms. The number of hydrogen-bond acceptors (Lipinski definition) is 9. The van der Waals surface area contributed by atoms with E-state index in [-0.39, 0.29) is 11.5 Å². The number of rotatable bonds is 10. The van der Waals surface area contributed by atoms with Crippen molar-refractivity contribution in [3.05, 3.63) is 82.3 Å². The Kier molecular flexibility index (Phi) is 8.94. The van der Waals surface area contributed by atoms with E-state index >= 15 is 0 Å². The van der Waals surface area contributed by atoms with Crippen molar-refractivity contribution in [3.63, 3.8) is 0 Å². The number of carboxylic acids is 1. The zero-order chi connectivity index (χ0) is 30.6. The number of hydrogen-bond donors (Lipinski definition) is 3. The van der Waals surface area contributed by atoms with E-state index in [0.29, 0.717) is 34.7 Å². The molecule has 0 unspecified atom stereocenters. The van der Waals surface area contributed by atoms with Gasteiger partial charge in [-0.3, -0.25) is 14.6 Å². The smallest absolute Gasteiger partial charge is 0.335 e. The maximum Gasteiger partial charge on any atom is 0.335 e. The van der Waals surface area contributed by atoms with Crippen molar-refractivity contribution < 1.29 is 24.2 Å². The predicted octanol–water partition coefficient (Wildman–Crippen LogP) is 4.67. The number of ether oxygens (including phenoxy) is 2. The number of benzene rings is 3. The van der Waals surface area contributed by atoms with Gasteiger partial charge in [0.1, 0.15) is 16.7 Å². The van der Waals surface area contributed by atoms with Gasteiger partial charge in [-0.15, -0.1) is 0 Å². The lowest BCUT2D eigenvalue weighted by molar-refractivity contribution is -0.122. The number of amides is 1. The summed E-state index contributed by atoms with van der Waals surface area (Å²) in [4.78, 5) is 36.4. The lowest BCUT2D eigenvalue weighted by Crippen LogP contribution is -2.38. The highest BCUT2D eigenvalue weighted by Crippen LogP contribution is 2.36. The molecule has 4 aromatic rings. The predicted molar refractivity (Wildman–Crippen MR) is 176 cm³/mol. The monoisotopic (exact) mass is 629 g/mol. The second kappa shape index (κ2) is 13.2. The summed E-state index contributed by atoms with van der Waals surface area (Å²) in [5.74, 6) is -0.0271. The number of thioether (sulfide) groups is 1. The van der Waals surface area contributed by atoms with Gasteiger partial charge in [-0.1, -0.05) is 48.2 Å². The number of nitrogens with one attached hydrogen (secondary N) is 1. The van der Waals surface area contributed by atoms with Crippen LogP contribution >= 0.6 is 24.0 Å². The van der Waals surface area contributed by atoms with E-state index in [1.807, 2.05) is 42.5 Å². The highest BCUT2D eigenvalue weighted by Gasteiger charge is 2.31. The van der Waals surface area contributed by atoms with Gasteiger partial charge in [-0.2, -0.15) is 0 Å². The van der Waals surface area contributed by atoms with Gasteiger partial charge >= 0.3 is 5.97 Å². The number of carbonyl (C=O) groups is 2. The number of aromatic carboxylic acids is 1. The molecule has 0 atom stereocenters. The molecule has 4 N–H and O–H groups in total. The SMILES string of the molecule is Nc1nc2ccc(-c3cc(C=C4SC(=S)N(CCc5ccc(C(=O)O)cc5)C4=O)ccc3OCCN3CCOCC3)cc2[nH]1. The molecular weight excluding hydrogens is 599 g/mol. The Morgan fingerprint density at radius 1 is 1.11 bits per heavy atom. The third kappa shape index (κ3) is 6.78. The van der Waals surface area contributed by atoms with Gasteiger partial charge in [0.15, 0.2) is 5.95 Å². The molecule has 2 aliphatic rings. The maximum atomic E-state index is 13.4. The highest BCUT2D eigenvalue weighted by atomic mass is 32.2. The van der Waals surface area contributed by atoms with Crippen LogP contribution in [0.25, 0.3) is 28.2 Å². The molecule has 226 valence electrons. The van der Waals surface area contributed by atoms with Gasteiger partial charge in [-0.25, -0.2) is 9.78 Å². The zero-order valence-electron chi connectivity index (χ0n) is 23.8. The molecular formula is C32H31N5O5S2. The molecule has 0 spiro atoms. The first-order valence-corrected chi connectivity index (χ1v) is 15.5. The Morgan fingerprint density at radius 3 is 2.68 bits per heavy atom. The maximum absolute atomic E-state index is 13.4. The largest absolute Gasteiger partial charge is 0.492 e. The van der Waals surface area contributed by atoms with Crippen LogP contribution in [0.1, 0.15) is 21.5 Å². The molecule has 0 aliphatic carbocycles. The standard InChI is InChI=1S/C32H31N5O5S2/c33-31-34-25-7-6-23(19-26(25)35-31)24-17-21(3-8-27(24)42-16-13-36-11-14-41-15-12-36)18-28-29(38)37(32(43)44-28)10-9-20-1-4-22(5-2-20)30(39)40/h1-8,17-19H,9-16H2,(H,39,40)(H3,33,34,35). The molecule has 0 radical (unpaired) electrons. The quantitative estimate of drug-likeness (QED) is 0.168. The first-order valence-electron chi connectivity index (χ1n) is 14.2. The minimum atomic E-state index is -0.971. The van der Waals surface area contributed by atoms with E-state index in [1.165, 1.54) is 11.8 Å². The summed E-state index contributed by atoms with van der Waals surface area (Å²) in [6, 6.07) is 18.4. The van der Waals surface area contributed by atoms with Crippen LogP contribution in [0.3, 0.4) is 0 Å². The Bertz CT molecular complexity index is 1750. The van der Waals surface area contributed by atoms with E-state index in [1.54, 1.807) is 29.2 Å². The van der Waals surface area contributed by atoms with Crippen LogP contribution in [0.4, 0.5) is 5.95 Å². The Labute approximate surface area is 263 Å². The van der Waals surface area contributed by atoms with Crippen molar-refractivity contribution in [2.45, 2.75) is 6.42 Å². The van der Waals surface area contributed by atoms with E-state index in [9.17, 15) is 9.59 Å². The van der Waals surface area contributed by atoms with Gasteiger partial charge in [0.05, 0.1) is 34.7 Å². The zero-order valence-corrected chi connectivity index (χ0v) is 25.5. The number of carbonyl (C=O) groups excluding carboxylic acids is 1. The molecule has 3 heterocycles. The number of imidazole rings is 1. The fourth-order valence-corrected chi connectivity index (χ4v) is 6.50. The topological polar surface area (TPSA) is 134 Å². The average molecular weight is 630 g/mol. The number of morpholine rings is 1. The average Bonchev–Trinajstić information content (AvgIpc) is 3.53. The van der Waals surface area contributed by atoms with Crippen LogP contribution < -0.4 is 10.5 Å². The van der Waals surface area contributed by atoms with Gasteiger partial charge in [-0.05, 0) is 65.6 Å². The van der Waals surface area contributed by atoms with Crippen LogP contribution in [0.5, 0.6) is 5.75 Å². The molecule has 3 aromatic carbocycles. The Balaban J connectivity index is 1.21. The van der Waals surface area contributed by atoms with Crippen LogP contribution in [-0.4, -0.2) is 87.1 Å². The van der Waals surface area contributed by atoms with Gasteiger partial charge in [0.25, 0.3) is 5.91 Å². The van der Waals surface area contributed by atoms with E-state index in [4.69, 9.17) is 32.5 Å². The number of aromatic nitrogens is 2. The van der Waals surface area contributed by atoms with Gasteiger partial charge < -0.3 is 25.3 Å². The summed E-state index contributed by atoms with van der Waals surface area (Å²) in [6.07, 6.45) is 2.41. The van der Waals surface area contributed by atoms with Crippen molar-refractivity contribution in [2.24, 2.45) is 0 Å². The first-order chi connectivity index (χ1) is 21.3. The van der Waals surface area contributed by atoms with Crippen molar-refractivity contribution in [1.82, 2.24) is 19.8 Å². The normalized spacial score (nSPS) is 16.7. The number of thiocarbonyl (C=S) groups is 1. The third-order valence-corrected chi connectivity index (χ3v) is 8.96. The van der Waals surface area contributed by atoms with Crippen molar-refractivity contribution >= 4 is 63.2 Å². The number of nitrogens with zero attached hydrogens (tertiary/aromatic N) is 3. The van der Waals surface area contributed by atoms with Gasteiger partial charge in [0.2, 0.25) is 0 Å². The van der Waals surface area contributed by atoms with Crippen LogP contribution in [0.15, 0.2) is 65.6 Å². The summed E-state index contributed by atoms with van der Waals surface area (Å²) in [5.41, 5.74) is 11.3. The molecule has 2 fully saturated rings. The summed E-state index contributed by atoms with van der Waals surface area (Å²) in [6.45, 7) is 4.99. The number of fused-ring (bicyclic) bond motifs is 1. The van der Waals surface area contributed by atoms with Crippen LogP contribution in [-0.2, 0) is 16.0 Å². The van der Waals surface area contributed by atoms with E-state index in [0.717, 1.165) is 71.9 Å². The van der Waals surface area contributed by atoms with Crippen molar-refractivity contribution in [1.29, 1.82) is 0 Å². The Morgan fingerprint density at radius 2 is 1.91 bits per heavy atom. The molecule has 1 amide bonds. The summed E-state index contributed by atoms with van der Waals surface area (Å²) >= 11 is 6.83.